The predicted molar refractivity (Wildman–Crippen MR) is 124 cm³/mol. The summed E-state index contributed by atoms with van der Waals surface area (Å²) in [5.74, 6) is 7.19. The van der Waals surface area contributed by atoms with E-state index in [2.05, 4.69) is 0 Å². The van der Waals surface area contributed by atoms with E-state index in [0.717, 1.165) is 0 Å². The van der Waals surface area contributed by atoms with Crippen LogP contribution >= 0.6 is 0 Å². The van der Waals surface area contributed by atoms with E-state index in [4.69, 9.17) is 0 Å². The van der Waals surface area contributed by atoms with Crippen molar-refractivity contribution in [1.29, 1.82) is 0 Å². The molecule has 6 heterocycles. The summed E-state index contributed by atoms with van der Waals surface area (Å²) in [4.78, 5) is 0. The summed E-state index contributed by atoms with van der Waals surface area (Å²) < 4.78 is 7.44. The van der Waals surface area contributed by atoms with Crippen molar-refractivity contribution in [3.63, 3.8) is 0 Å². The van der Waals surface area contributed by atoms with Gasteiger partial charge in [0, 0.05) is 0 Å². The van der Waals surface area contributed by atoms with Crippen LogP contribution in [0.25, 0.3) is 0 Å². The third-order valence-corrected chi connectivity index (χ3v) is 27.0. The van der Waals surface area contributed by atoms with Gasteiger partial charge in [-0.25, -0.2) is 0 Å². The van der Waals surface area contributed by atoms with Gasteiger partial charge < -0.3 is 0 Å². The molecule has 6 saturated heterocycles. The maximum absolute atomic E-state index is 1.88. The van der Waals surface area contributed by atoms with Crippen molar-refractivity contribution in [2.24, 2.45) is 0 Å². The molecule has 3 atom stereocenters. The van der Waals surface area contributed by atoms with Gasteiger partial charge in [0.25, 0.3) is 0 Å². The second kappa shape index (κ2) is 7.56. The third kappa shape index (κ3) is 3.33. The first-order chi connectivity index (χ1) is 13.3. The second-order valence-corrected chi connectivity index (χ2v) is 26.2. The molecule has 148 valence electrons. The zero-order valence-electron chi connectivity index (χ0n) is 17.8. The Hall–Kier alpha value is 0.929. The molecular weight excluding hydrogens is 429 g/mol. The summed E-state index contributed by atoms with van der Waals surface area (Å²) in [5.41, 5.74) is 0. The van der Waals surface area contributed by atoms with Crippen molar-refractivity contribution >= 4 is 31.8 Å². The van der Waals surface area contributed by atoms with Gasteiger partial charge in [0.15, 0.2) is 0 Å². The van der Waals surface area contributed by atoms with Crippen molar-refractivity contribution in [3.05, 3.63) is 0 Å². The fourth-order valence-corrected chi connectivity index (χ4v) is 28.8. The maximum atomic E-state index is 1.88. The Morgan fingerprint density at radius 1 is 0.407 bits per heavy atom. The van der Waals surface area contributed by atoms with Crippen molar-refractivity contribution in [2.45, 2.75) is 143 Å². The Morgan fingerprint density at radius 2 is 0.741 bits per heavy atom. The van der Waals surface area contributed by atoms with Gasteiger partial charge in [-0.15, -0.1) is 0 Å². The molecule has 6 fully saturated rings. The van der Waals surface area contributed by atoms with E-state index < -0.39 is 18.4 Å². The second-order valence-electron chi connectivity index (χ2n) is 12.4. The SMILES string of the molecule is C1CC2CCCC(C1)B2C1C[CH2][Sn]2([CH2]C[C@@H](B3C4CCCC3CCC4)[CH2]2)[CH2]1. The normalized spacial score (nSPS) is 49.8. The van der Waals surface area contributed by atoms with Crippen LogP contribution in [0, 0.1) is 0 Å². The van der Waals surface area contributed by atoms with E-state index in [0.29, 0.717) is 0 Å². The number of hydrogen-bond donors (Lipinski definition) is 0. The topological polar surface area (TPSA) is 0 Å². The van der Waals surface area contributed by atoms with Crippen LogP contribution in [0.5, 0.6) is 0 Å². The Labute approximate surface area is 173 Å². The van der Waals surface area contributed by atoms with Gasteiger partial charge in [0.1, 0.15) is 0 Å². The monoisotopic (exact) mass is 472 g/mol. The molecule has 0 aromatic rings. The van der Waals surface area contributed by atoms with Crippen molar-refractivity contribution in [2.75, 3.05) is 0 Å². The van der Waals surface area contributed by atoms with Crippen LogP contribution in [-0.2, 0) is 0 Å². The van der Waals surface area contributed by atoms with Crippen LogP contribution in [0.2, 0.25) is 52.7 Å². The molecule has 0 saturated carbocycles. The van der Waals surface area contributed by atoms with E-state index in [1.165, 1.54) is 48.3 Å². The zero-order chi connectivity index (χ0) is 17.8. The molecule has 0 radical (unpaired) electrons. The summed E-state index contributed by atoms with van der Waals surface area (Å²) in [6.07, 6.45) is 22.7. The Morgan fingerprint density at radius 3 is 1.07 bits per heavy atom. The molecule has 6 aliphatic rings. The van der Waals surface area contributed by atoms with Gasteiger partial charge in [-0.1, -0.05) is 0 Å². The molecule has 0 aliphatic carbocycles. The third-order valence-electron chi connectivity index (χ3n) is 11.3. The molecule has 6 aliphatic heterocycles. The Bertz CT molecular complexity index is 458. The average molecular weight is 471 g/mol. The standard InChI is InChI=1S/2C12H21B.Sn/c2*1-3-10(2)13-11-6-4-7-12(13)9-5-8-11;/h2*10-12H,1-9H2;/t10-,11?,12?;;/m0../s1. The minimum absolute atomic E-state index is 1.18. The first kappa shape index (κ1) is 18.7. The molecule has 3 heteroatoms. The van der Waals surface area contributed by atoms with Crippen molar-refractivity contribution in [3.8, 4) is 0 Å². The first-order valence-electron chi connectivity index (χ1n) is 13.3. The minimum atomic E-state index is -1.72. The molecule has 6 rings (SSSR count). The van der Waals surface area contributed by atoms with Gasteiger partial charge in [0.2, 0.25) is 0 Å². The van der Waals surface area contributed by atoms with E-state index in [9.17, 15) is 0 Å². The molecule has 0 amide bonds. The summed E-state index contributed by atoms with van der Waals surface area (Å²) in [7, 11) is 0. The van der Waals surface area contributed by atoms with Gasteiger partial charge in [-0.05, 0) is 0 Å². The molecule has 2 unspecified atom stereocenters. The van der Waals surface area contributed by atoms with Crippen LogP contribution in [0.1, 0.15) is 89.9 Å². The number of fused-ring (bicyclic) bond motifs is 4. The molecule has 0 aromatic carbocycles. The van der Waals surface area contributed by atoms with Crippen LogP contribution in [-0.4, -0.2) is 31.8 Å². The van der Waals surface area contributed by atoms with Gasteiger partial charge in [-0.3, -0.25) is 0 Å². The van der Waals surface area contributed by atoms with Gasteiger partial charge in [-0.2, -0.15) is 0 Å². The van der Waals surface area contributed by atoms with Gasteiger partial charge >= 0.3 is 174 Å². The summed E-state index contributed by atoms with van der Waals surface area (Å²) in [6, 6.07) is 0. The predicted octanol–water partition coefficient (Wildman–Crippen LogP) is 8.19. The van der Waals surface area contributed by atoms with Crippen LogP contribution in [0.3, 0.4) is 0 Å². The van der Waals surface area contributed by atoms with E-state index in [1.54, 1.807) is 89.9 Å². The number of rotatable bonds is 2. The Kier molecular flexibility index (Phi) is 5.23. The van der Waals surface area contributed by atoms with E-state index >= 15 is 0 Å². The fraction of sp³-hybridized carbons (Fsp3) is 1.00. The zero-order valence-corrected chi connectivity index (χ0v) is 20.7. The van der Waals surface area contributed by atoms with E-state index in [1.807, 2.05) is 17.7 Å². The quantitative estimate of drug-likeness (QED) is 0.357. The molecule has 27 heavy (non-hydrogen) atoms. The molecule has 4 bridgehead atoms. The fourth-order valence-electron chi connectivity index (χ4n) is 10.6. The van der Waals surface area contributed by atoms with Gasteiger partial charge in [0.05, 0.1) is 0 Å². The molecule has 0 nitrogen and oxygen atoms in total. The summed E-state index contributed by atoms with van der Waals surface area (Å²) >= 11 is -1.72. The number of hydrogen-bond acceptors (Lipinski definition) is 0. The average Bonchev–Trinajstić information content (AvgIpc) is 3.27. The molecular formula is C24H42B2Sn. The van der Waals surface area contributed by atoms with Crippen molar-refractivity contribution in [1.82, 2.24) is 0 Å². The van der Waals surface area contributed by atoms with Crippen LogP contribution in [0.4, 0.5) is 0 Å². The first-order valence-corrected chi connectivity index (χ1v) is 21.4. The molecule has 1 spiro atoms. The van der Waals surface area contributed by atoms with E-state index in [-0.39, 0.29) is 0 Å². The van der Waals surface area contributed by atoms with Crippen molar-refractivity contribution < 1.29 is 0 Å². The summed E-state index contributed by atoms with van der Waals surface area (Å²) in [6.45, 7) is 2.44. The summed E-state index contributed by atoms with van der Waals surface area (Å²) in [5, 5.41) is 0. The molecule has 0 N–H and O–H groups in total. The van der Waals surface area contributed by atoms with Crippen LogP contribution < -0.4 is 0 Å². The Balaban J connectivity index is 1.14. The molecule has 0 aromatic heterocycles. The van der Waals surface area contributed by atoms with Crippen LogP contribution in [0.15, 0.2) is 0 Å².